The summed E-state index contributed by atoms with van der Waals surface area (Å²) in [6.07, 6.45) is 6.40. The van der Waals surface area contributed by atoms with Crippen LogP contribution < -0.4 is 5.43 Å². The smallest absolute Gasteiger partial charge is 0.0546 e. The monoisotopic (exact) mass is 107 g/mol. The SMILES string of the molecule is C1=N[N]C=C1C1CC1. The van der Waals surface area contributed by atoms with Crippen molar-refractivity contribution in [3.05, 3.63) is 11.8 Å². The Bertz CT molecular complexity index is 154. The van der Waals surface area contributed by atoms with Crippen LogP contribution in [0.1, 0.15) is 12.8 Å². The van der Waals surface area contributed by atoms with Crippen LogP contribution in [0, 0.1) is 5.92 Å². The molecule has 41 valence electrons. The number of hydrogen-bond acceptors (Lipinski definition) is 1. The Hall–Kier alpha value is -0.790. The summed E-state index contributed by atoms with van der Waals surface area (Å²) in [6.45, 7) is 0. The van der Waals surface area contributed by atoms with Crippen LogP contribution in [-0.4, -0.2) is 6.21 Å². The molecule has 0 aromatic rings. The van der Waals surface area contributed by atoms with Crippen molar-refractivity contribution in [1.29, 1.82) is 0 Å². The highest BCUT2D eigenvalue weighted by Crippen LogP contribution is 2.35. The zero-order chi connectivity index (χ0) is 5.40. The van der Waals surface area contributed by atoms with Crippen molar-refractivity contribution < 1.29 is 0 Å². The molecule has 2 heteroatoms. The van der Waals surface area contributed by atoms with Gasteiger partial charge in [0.2, 0.25) is 0 Å². The van der Waals surface area contributed by atoms with E-state index >= 15 is 0 Å². The molecule has 1 heterocycles. The van der Waals surface area contributed by atoms with Crippen molar-refractivity contribution in [3.8, 4) is 0 Å². The maximum Gasteiger partial charge on any atom is 0.0546 e. The van der Waals surface area contributed by atoms with E-state index in [9.17, 15) is 0 Å². The van der Waals surface area contributed by atoms with Crippen molar-refractivity contribution in [1.82, 2.24) is 5.43 Å². The summed E-state index contributed by atoms with van der Waals surface area (Å²) in [5.74, 6) is 0.810. The second kappa shape index (κ2) is 1.34. The molecule has 2 rings (SSSR count). The molecule has 0 atom stereocenters. The Morgan fingerprint density at radius 1 is 1.50 bits per heavy atom. The van der Waals surface area contributed by atoms with E-state index in [1.165, 1.54) is 18.4 Å². The Morgan fingerprint density at radius 3 is 2.88 bits per heavy atom. The lowest BCUT2D eigenvalue weighted by Crippen LogP contribution is -1.80. The summed E-state index contributed by atoms with van der Waals surface area (Å²) in [7, 11) is 0. The van der Waals surface area contributed by atoms with Gasteiger partial charge in [0.1, 0.15) is 0 Å². The Morgan fingerprint density at radius 2 is 2.38 bits per heavy atom. The molecule has 1 aliphatic carbocycles. The first-order chi connectivity index (χ1) is 3.97. The standard InChI is InChI=1S/C6H7N2/c1-2-5(1)6-3-7-8-4-6/h3-5H,1-2H2. The van der Waals surface area contributed by atoms with Gasteiger partial charge in [-0.15, -0.1) is 0 Å². The molecule has 2 nitrogen and oxygen atoms in total. The predicted octanol–water partition coefficient (Wildman–Crippen LogP) is 0.884. The van der Waals surface area contributed by atoms with Crippen LogP contribution in [0.4, 0.5) is 0 Å². The molecule has 1 radical (unpaired) electrons. The normalized spacial score (nSPS) is 25.2. The van der Waals surface area contributed by atoms with Gasteiger partial charge < -0.3 is 0 Å². The minimum Gasteiger partial charge on any atom is -0.159 e. The minimum absolute atomic E-state index is 0.810. The number of rotatable bonds is 1. The van der Waals surface area contributed by atoms with E-state index in [1.807, 2.05) is 12.4 Å². The van der Waals surface area contributed by atoms with E-state index in [1.54, 1.807) is 0 Å². The molecule has 0 N–H and O–H groups in total. The van der Waals surface area contributed by atoms with E-state index in [4.69, 9.17) is 0 Å². The van der Waals surface area contributed by atoms with Gasteiger partial charge in [-0.25, -0.2) is 0 Å². The molecule has 1 aliphatic heterocycles. The number of allylic oxidation sites excluding steroid dienone is 1. The highest BCUT2D eigenvalue weighted by molar-refractivity contribution is 5.81. The average molecular weight is 107 g/mol. The van der Waals surface area contributed by atoms with Crippen LogP contribution in [0.15, 0.2) is 16.9 Å². The van der Waals surface area contributed by atoms with Gasteiger partial charge in [0.25, 0.3) is 0 Å². The van der Waals surface area contributed by atoms with Gasteiger partial charge in [0.05, 0.1) is 12.4 Å². The molecular weight excluding hydrogens is 100 g/mol. The van der Waals surface area contributed by atoms with Crippen LogP contribution in [-0.2, 0) is 0 Å². The van der Waals surface area contributed by atoms with Crippen LogP contribution in [0.2, 0.25) is 0 Å². The van der Waals surface area contributed by atoms with Gasteiger partial charge in [-0.3, -0.25) is 0 Å². The van der Waals surface area contributed by atoms with Crippen LogP contribution >= 0.6 is 0 Å². The lowest BCUT2D eigenvalue weighted by molar-refractivity contribution is 0.963. The van der Waals surface area contributed by atoms with E-state index in [-0.39, 0.29) is 0 Å². The van der Waals surface area contributed by atoms with Crippen molar-refractivity contribution in [2.24, 2.45) is 11.0 Å². The molecule has 0 amide bonds. The largest absolute Gasteiger partial charge is 0.159 e. The van der Waals surface area contributed by atoms with Gasteiger partial charge in [-0.2, -0.15) is 10.5 Å². The summed E-state index contributed by atoms with van der Waals surface area (Å²) in [6, 6.07) is 0. The summed E-state index contributed by atoms with van der Waals surface area (Å²) >= 11 is 0. The maximum absolute atomic E-state index is 3.73. The number of hydrogen-bond donors (Lipinski definition) is 0. The second-order valence-corrected chi connectivity index (χ2v) is 2.26. The third-order valence-corrected chi connectivity index (χ3v) is 1.53. The fraction of sp³-hybridized carbons (Fsp3) is 0.500. The quantitative estimate of drug-likeness (QED) is 0.475. The first-order valence-electron chi connectivity index (χ1n) is 2.90. The third kappa shape index (κ3) is 0.529. The fourth-order valence-electron chi connectivity index (χ4n) is 0.861. The number of nitrogens with zero attached hydrogens (tertiary/aromatic N) is 2. The Balaban J connectivity index is 2.13. The van der Waals surface area contributed by atoms with Gasteiger partial charge in [0.15, 0.2) is 0 Å². The lowest BCUT2D eigenvalue weighted by atomic mass is 10.2. The van der Waals surface area contributed by atoms with Gasteiger partial charge in [-0.1, -0.05) is 0 Å². The molecule has 1 saturated carbocycles. The highest BCUT2D eigenvalue weighted by Gasteiger charge is 2.26. The first kappa shape index (κ1) is 4.13. The molecular formula is C6H7N2. The predicted molar refractivity (Wildman–Crippen MR) is 31.4 cm³/mol. The topological polar surface area (TPSA) is 26.5 Å². The molecule has 1 fully saturated rings. The second-order valence-electron chi connectivity index (χ2n) is 2.26. The molecule has 2 aliphatic rings. The third-order valence-electron chi connectivity index (χ3n) is 1.53. The summed E-state index contributed by atoms with van der Waals surface area (Å²) in [5, 5.41) is 3.73. The fourth-order valence-corrected chi connectivity index (χ4v) is 0.861. The molecule has 0 aromatic carbocycles. The molecule has 0 unspecified atom stereocenters. The van der Waals surface area contributed by atoms with Crippen LogP contribution in [0.25, 0.3) is 0 Å². The van der Waals surface area contributed by atoms with Crippen LogP contribution in [0.3, 0.4) is 0 Å². The molecule has 0 saturated heterocycles. The highest BCUT2D eigenvalue weighted by atomic mass is 15.3. The van der Waals surface area contributed by atoms with Gasteiger partial charge in [0, 0.05) is 0 Å². The van der Waals surface area contributed by atoms with Crippen molar-refractivity contribution >= 4 is 6.21 Å². The zero-order valence-electron chi connectivity index (χ0n) is 4.54. The molecule has 0 bridgehead atoms. The summed E-state index contributed by atoms with van der Waals surface area (Å²) in [5.41, 5.74) is 5.06. The minimum atomic E-state index is 0.810. The Kier molecular flexibility index (Phi) is 0.692. The summed E-state index contributed by atoms with van der Waals surface area (Å²) < 4.78 is 0. The maximum atomic E-state index is 3.73. The van der Waals surface area contributed by atoms with Crippen molar-refractivity contribution in [3.63, 3.8) is 0 Å². The van der Waals surface area contributed by atoms with E-state index in [0.717, 1.165) is 5.92 Å². The zero-order valence-corrected chi connectivity index (χ0v) is 4.54. The van der Waals surface area contributed by atoms with E-state index in [0.29, 0.717) is 0 Å². The van der Waals surface area contributed by atoms with E-state index < -0.39 is 0 Å². The first-order valence-corrected chi connectivity index (χ1v) is 2.90. The summed E-state index contributed by atoms with van der Waals surface area (Å²) in [4.78, 5) is 0. The van der Waals surface area contributed by atoms with Crippen molar-refractivity contribution in [2.75, 3.05) is 0 Å². The van der Waals surface area contributed by atoms with Crippen LogP contribution in [0.5, 0.6) is 0 Å². The average Bonchev–Trinajstić information content (AvgIpc) is 2.49. The lowest BCUT2D eigenvalue weighted by Gasteiger charge is -1.83. The van der Waals surface area contributed by atoms with E-state index in [2.05, 4.69) is 10.5 Å². The molecule has 0 aromatic heterocycles. The molecule has 0 spiro atoms. The molecule has 8 heavy (non-hydrogen) atoms. The van der Waals surface area contributed by atoms with Gasteiger partial charge >= 0.3 is 0 Å². The Labute approximate surface area is 48.3 Å². The van der Waals surface area contributed by atoms with Crippen molar-refractivity contribution in [2.45, 2.75) is 12.8 Å². The van der Waals surface area contributed by atoms with Gasteiger partial charge in [-0.05, 0) is 24.3 Å².